The molecule has 0 aliphatic rings. The van der Waals surface area contributed by atoms with Crippen LogP contribution >= 0.6 is 29.8 Å². The molecule has 40 heavy (non-hydrogen) atoms. The van der Waals surface area contributed by atoms with E-state index in [4.69, 9.17) is 0 Å². The molecule has 0 aliphatic carbocycles. The first-order valence-corrected chi connectivity index (χ1v) is 21.1. The Labute approximate surface area is 248 Å². The average molecular weight is 635 g/mol. The minimum atomic E-state index is -2.36. The van der Waals surface area contributed by atoms with Gasteiger partial charge in [0.25, 0.3) is 0 Å². The van der Waals surface area contributed by atoms with Gasteiger partial charge in [-0.2, -0.15) is 0 Å². The fourth-order valence-corrected chi connectivity index (χ4v) is 32.4. The molecule has 10 heteroatoms. The number of carbonyl (C=O) groups is 6. The maximum atomic E-state index is 14.4. The lowest BCUT2D eigenvalue weighted by Crippen LogP contribution is -2.31. The maximum absolute atomic E-state index is 14.4. The summed E-state index contributed by atoms with van der Waals surface area (Å²) < 4.78 is 0. The summed E-state index contributed by atoms with van der Waals surface area (Å²) in [6, 6.07) is 0. The summed E-state index contributed by atoms with van der Waals surface area (Å²) in [4.78, 5) is 86.4. The quantitative estimate of drug-likeness (QED) is 0.234. The van der Waals surface area contributed by atoms with Crippen molar-refractivity contribution in [1.29, 1.82) is 0 Å². The Morgan fingerprint density at radius 2 is 0.375 bits per heavy atom. The van der Waals surface area contributed by atoms with E-state index in [2.05, 4.69) is 0 Å². The highest BCUT2D eigenvalue weighted by atomic mass is 32.8. The molecule has 0 amide bonds. The van der Waals surface area contributed by atoms with Crippen LogP contribution in [0, 0.1) is 32.5 Å². The number of hydrogen-bond donors (Lipinski definition) is 0. The molecule has 0 unspecified atom stereocenters. The van der Waals surface area contributed by atoms with Gasteiger partial charge in [0.05, 0.1) is 22.8 Å². The summed E-state index contributed by atoms with van der Waals surface area (Å²) in [7, 11) is -7.08. The van der Waals surface area contributed by atoms with Crippen molar-refractivity contribution in [2.24, 2.45) is 32.5 Å². The zero-order valence-electron chi connectivity index (χ0n) is 28.2. The SMILES string of the molecule is CC(C)(C)C(=O)P(C(=O)C(C)(C)C)P(P(C(=O)C(C)(C)C)C(=O)C(C)(C)C)P(C(=O)C(C)(C)C)C(=O)C(C)(C)C. The minimum absolute atomic E-state index is 0.361. The van der Waals surface area contributed by atoms with Crippen molar-refractivity contribution in [3.63, 3.8) is 0 Å². The predicted octanol–water partition coefficient (Wildman–Crippen LogP) is 10.1. The van der Waals surface area contributed by atoms with Crippen LogP contribution < -0.4 is 0 Å². The summed E-state index contributed by atoms with van der Waals surface area (Å²) in [5.74, 6) is 0. The molecule has 0 radical (unpaired) electrons. The zero-order chi connectivity index (χ0) is 32.8. The standard InChI is InChI=1S/C30H54O6P4/c1-25(2,3)19(31)37(20(32)26(4,5)6)40(38(21(33)27(7,8)9)22(34)28(10,11)12)39(23(35)29(13,14)15)24(36)30(16,17)18/h1-18H3. The highest BCUT2D eigenvalue weighted by molar-refractivity contribution is 8.95. The van der Waals surface area contributed by atoms with E-state index in [-0.39, 0.29) is 33.1 Å². The molecule has 6 nitrogen and oxygen atoms in total. The lowest BCUT2D eigenvalue weighted by Gasteiger charge is -2.44. The smallest absolute Gasteiger partial charge is 0.172 e. The molecule has 0 N–H and O–H groups in total. The van der Waals surface area contributed by atoms with Gasteiger partial charge < -0.3 is 0 Å². The van der Waals surface area contributed by atoms with E-state index in [1.54, 1.807) is 125 Å². The van der Waals surface area contributed by atoms with Crippen molar-refractivity contribution >= 4 is 63.0 Å². The van der Waals surface area contributed by atoms with Crippen LogP contribution in [-0.4, -0.2) is 33.1 Å². The van der Waals surface area contributed by atoms with E-state index >= 15 is 0 Å². The molecule has 0 bridgehead atoms. The van der Waals surface area contributed by atoms with Crippen LogP contribution in [0.1, 0.15) is 125 Å². The van der Waals surface area contributed by atoms with Gasteiger partial charge in [0.2, 0.25) is 0 Å². The molecule has 0 fully saturated rings. The molecular formula is C30H54O6P4. The fraction of sp³-hybridized carbons (Fsp3) is 0.800. The summed E-state index contributed by atoms with van der Waals surface area (Å²) in [6.07, 6.45) is 0. The largest absolute Gasteiger partial charge is 0.293 e. The molecule has 0 atom stereocenters. The Kier molecular flexibility index (Phi) is 12.7. The molecule has 0 saturated heterocycles. The lowest BCUT2D eigenvalue weighted by molar-refractivity contribution is -0.122. The van der Waals surface area contributed by atoms with Crippen LogP contribution in [0.25, 0.3) is 0 Å². The molecule has 0 rings (SSSR count). The van der Waals surface area contributed by atoms with Gasteiger partial charge in [-0.1, -0.05) is 125 Å². The molecule has 0 heterocycles. The first-order chi connectivity index (χ1) is 17.2. The second-order valence-electron chi connectivity index (χ2n) is 16.5. The molecular weight excluding hydrogens is 580 g/mol. The van der Waals surface area contributed by atoms with Crippen molar-refractivity contribution in [3.8, 4) is 0 Å². The van der Waals surface area contributed by atoms with Gasteiger partial charge in [0.1, 0.15) is 0 Å². The van der Waals surface area contributed by atoms with Crippen molar-refractivity contribution < 1.29 is 28.8 Å². The van der Waals surface area contributed by atoms with E-state index in [1.165, 1.54) is 0 Å². The minimum Gasteiger partial charge on any atom is -0.293 e. The molecule has 0 spiro atoms. The Hall–Kier alpha value is -0.260. The molecule has 230 valence electrons. The summed E-state index contributed by atoms with van der Waals surface area (Å²) >= 11 is 0. The van der Waals surface area contributed by atoms with Crippen LogP contribution in [0.3, 0.4) is 0 Å². The third-order valence-electron chi connectivity index (χ3n) is 5.54. The van der Waals surface area contributed by atoms with E-state index in [9.17, 15) is 28.8 Å². The van der Waals surface area contributed by atoms with Gasteiger partial charge in [0, 0.05) is 39.5 Å². The molecule has 0 aromatic rings. The Morgan fingerprint density at radius 1 is 0.275 bits per heavy atom. The maximum Gasteiger partial charge on any atom is 0.172 e. The van der Waals surface area contributed by atoms with Gasteiger partial charge in [0.15, 0.2) is 33.1 Å². The normalized spacial score (nSPS) is 14.2. The van der Waals surface area contributed by atoms with Crippen molar-refractivity contribution in [1.82, 2.24) is 0 Å². The molecule has 0 saturated carbocycles. The lowest BCUT2D eigenvalue weighted by atomic mass is 9.99. The monoisotopic (exact) mass is 634 g/mol. The van der Waals surface area contributed by atoms with Crippen molar-refractivity contribution in [3.05, 3.63) is 0 Å². The molecule has 0 aromatic carbocycles. The van der Waals surface area contributed by atoms with Gasteiger partial charge in [-0.05, 0) is 0 Å². The fourth-order valence-electron chi connectivity index (χ4n) is 2.94. The van der Waals surface area contributed by atoms with Crippen molar-refractivity contribution in [2.75, 3.05) is 0 Å². The van der Waals surface area contributed by atoms with Gasteiger partial charge >= 0.3 is 0 Å². The Morgan fingerprint density at radius 3 is 0.450 bits per heavy atom. The number of hydrogen-bond acceptors (Lipinski definition) is 6. The highest BCUT2D eigenvalue weighted by Crippen LogP contribution is 3.03. The van der Waals surface area contributed by atoms with Crippen LogP contribution in [0.4, 0.5) is 0 Å². The molecule has 0 aromatic heterocycles. The van der Waals surface area contributed by atoms with Crippen molar-refractivity contribution in [2.45, 2.75) is 125 Å². The van der Waals surface area contributed by atoms with Gasteiger partial charge in [-0.25, -0.2) is 0 Å². The summed E-state index contributed by atoms with van der Waals surface area (Å²) in [5, 5.41) is 0. The summed E-state index contributed by atoms with van der Waals surface area (Å²) in [5.41, 5.74) is -8.08. The summed E-state index contributed by atoms with van der Waals surface area (Å²) in [6.45, 7) is 28.6. The Balaban J connectivity index is 8.51. The third-order valence-corrected chi connectivity index (χ3v) is 29.1. The first-order valence-electron chi connectivity index (χ1n) is 13.7. The van der Waals surface area contributed by atoms with Crippen LogP contribution in [-0.2, 0) is 28.8 Å². The van der Waals surface area contributed by atoms with E-state index in [0.29, 0.717) is 0 Å². The third kappa shape index (κ3) is 9.90. The predicted molar refractivity (Wildman–Crippen MR) is 174 cm³/mol. The average Bonchev–Trinajstić information content (AvgIpc) is 2.69. The number of carbonyl (C=O) groups excluding carboxylic acids is 6. The Bertz CT molecular complexity index is 824. The van der Waals surface area contributed by atoms with Crippen LogP contribution in [0.2, 0.25) is 0 Å². The zero-order valence-corrected chi connectivity index (χ0v) is 31.8. The molecule has 0 aliphatic heterocycles. The number of rotatable bonds is 9. The highest BCUT2D eigenvalue weighted by Gasteiger charge is 2.59. The topological polar surface area (TPSA) is 102 Å². The van der Waals surface area contributed by atoms with E-state index in [0.717, 1.165) is 0 Å². The van der Waals surface area contributed by atoms with Crippen LogP contribution in [0.15, 0.2) is 0 Å². The second-order valence-corrected chi connectivity index (χ2v) is 31.4. The first kappa shape index (κ1) is 39.7. The second kappa shape index (κ2) is 12.8. The van der Waals surface area contributed by atoms with E-state index < -0.39 is 62.3 Å². The van der Waals surface area contributed by atoms with E-state index in [1.807, 2.05) is 0 Å². The van der Waals surface area contributed by atoms with Gasteiger partial charge in [-0.15, -0.1) is 0 Å². The van der Waals surface area contributed by atoms with Gasteiger partial charge in [-0.3, -0.25) is 28.8 Å². The van der Waals surface area contributed by atoms with Crippen LogP contribution in [0.5, 0.6) is 0 Å².